The van der Waals surface area contributed by atoms with Gasteiger partial charge in [-0.15, -0.1) is 0 Å². The molecule has 0 spiro atoms. The second kappa shape index (κ2) is 9.89. The van der Waals surface area contributed by atoms with E-state index >= 15 is 0 Å². The van der Waals surface area contributed by atoms with E-state index in [4.69, 9.17) is 14.2 Å². The Morgan fingerprint density at radius 3 is 2.82 bits per heavy atom. The molecule has 3 aromatic rings. The molecule has 2 aliphatic rings. The van der Waals surface area contributed by atoms with Crippen molar-refractivity contribution in [3.8, 4) is 17.2 Å². The first-order chi connectivity index (χ1) is 16.2. The highest BCUT2D eigenvalue weighted by atomic mass is 19.1. The van der Waals surface area contributed by atoms with Gasteiger partial charge in [0.25, 0.3) is 0 Å². The molecule has 0 amide bonds. The van der Waals surface area contributed by atoms with Crippen LogP contribution < -0.4 is 24.8 Å². The zero-order chi connectivity index (χ0) is 22.6. The topological polar surface area (TPSA) is 77.5 Å². The van der Waals surface area contributed by atoms with Crippen molar-refractivity contribution < 1.29 is 18.6 Å². The minimum absolute atomic E-state index is 0.252. The van der Waals surface area contributed by atoms with Gasteiger partial charge in [-0.25, -0.2) is 4.39 Å². The smallest absolute Gasteiger partial charge is 0.179 e. The lowest BCUT2D eigenvalue weighted by molar-refractivity contribution is 0.170. The van der Waals surface area contributed by atoms with Crippen molar-refractivity contribution in [3.05, 3.63) is 53.7 Å². The Hall–Kier alpha value is -2.97. The first kappa shape index (κ1) is 21.9. The van der Waals surface area contributed by atoms with Crippen molar-refractivity contribution in [1.82, 2.24) is 20.6 Å². The van der Waals surface area contributed by atoms with Gasteiger partial charge in [-0.1, -0.05) is 0 Å². The van der Waals surface area contributed by atoms with E-state index in [1.807, 2.05) is 24.3 Å². The molecule has 33 heavy (non-hydrogen) atoms. The summed E-state index contributed by atoms with van der Waals surface area (Å²) in [5, 5.41) is 8.04. The van der Waals surface area contributed by atoms with Crippen molar-refractivity contribution >= 4 is 10.9 Å². The van der Waals surface area contributed by atoms with Crippen LogP contribution >= 0.6 is 0 Å². The predicted molar refractivity (Wildman–Crippen MR) is 123 cm³/mol. The summed E-state index contributed by atoms with van der Waals surface area (Å²) < 4.78 is 31.1. The van der Waals surface area contributed by atoms with Gasteiger partial charge in [0.2, 0.25) is 0 Å². The number of fused-ring (bicyclic) bond motifs is 2. The number of aryl methyl sites for hydroxylation is 1. The zero-order valence-electron chi connectivity index (χ0n) is 18.8. The highest BCUT2D eigenvalue weighted by Crippen LogP contribution is 2.29. The molecule has 0 saturated carbocycles. The normalized spacial score (nSPS) is 20.1. The second-order valence-electron chi connectivity index (χ2n) is 8.59. The molecule has 0 bridgehead atoms. The molecule has 2 unspecified atom stereocenters. The number of ether oxygens (including phenoxy) is 3. The van der Waals surface area contributed by atoms with E-state index in [-0.39, 0.29) is 5.82 Å². The van der Waals surface area contributed by atoms with Gasteiger partial charge in [-0.2, -0.15) is 0 Å². The first-order valence-corrected chi connectivity index (χ1v) is 11.5. The van der Waals surface area contributed by atoms with Crippen LogP contribution in [0.2, 0.25) is 0 Å². The lowest BCUT2D eigenvalue weighted by Gasteiger charge is -2.31. The van der Waals surface area contributed by atoms with Gasteiger partial charge in [0, 0.05) is 36.6 Å². The fourth-order valence-corrected chi connectivity index (χ4v) is 4.57. The number of halogens is 1. The third-order valence-electron chi connectivity index (χ3n) is 6.45. The molecule has 0 radical (unpaired) electrons. The maximum atomic E-state index is 14.6. The monoisotopic (exact) mass is 452 g/mol. The Bertz CT molecular complexity index is 1120. The molecular weight excluding hydrogens is 423 g/mol. The highest BCUT2D eigenvalue weighted by Gasteiger charge is 2.22. The van der Waals surface area contributed by atoms with Crippen LogP contribution in [-0.4, -0.2) is 48.9 Å². The Morgan fingerprint density at radius 2 is 2.00 bits per heavy atom. The minimum Gasteiger partial charge on any atom is -0.497 e. The molecule has 8 heteroatoms. The molecule has 1 fully saturated rings. The first-order valence-electron chi connectivity index (χ1n) is 11.5. The fourth-order valence-electron chi connectivity index (χ4n) is 4.57. The van der Waals surface area contributed by atoms with Crippen LogP contribution in [0.1, 0.15) is 30.5 Å². The van der Waals surface area contributed by atoms with Crippen LogP contribution in [0.25, 0.3) is 10.9 Å². The van der Waals surface area contributed by atoms with Crippen molar-refractivity contribution in [1.29, 1.82) is 0 Å². The van der Waals surface area contributed by atoms with Crippen molar-refractivity contribution in [2.45, 2.75) is 44.3 Å². The average molecular weight is 453 g/mol. The summed E-state index contributed by atoms with van der Waals surface area (Å²) in [6.45, 7) is 2.70. The van der Waals surface area contributed by atoms with Gasteiger partial charge in [0.15, 0.2) is 11.5 Å². The summed E-state index contributed by atoms with van der Waals surface area (Å²) in [6.07, 6.45) is 6.71. The van der Waals surface area contributed by atoms with E-state index in [0.717, 1.165) is 48.2 Å². The summed E-state index contributed by atoms with van der Waals surface area (Å²) in [4.78, 5) is 8.68. The summed E-state index contributed by atoms with van der Waals surface area (Å²) in [5.41, 5.74) is 2.45. The van der Waals surface area contributed by atoms with Crippen LogP contribution in [0, 0.1) is 5.82 Å². The molecule has 1 aromatic carbocycles. The van der Waals surface area contributed by atoms with Crippen LogP contribution in [0.4, 0.5) is 4.39 Å². The SMILES string of the molecule is COc1ccc2ncc(F)c(CCC3CCC(NCc4cc5c(cn4)OCCO5)CN3)c2c1. The molecule has 7 nitrogen and oxygen atoms in total. The van der Waals surface area contributed by atoms with Crippen LogP contribution in [0.5, 0.6) is 17.2 Å². The van der Waals surface area contributed by atoms with Gasteiger partial charge in [-0.05, 0) is 49.4 Å². The number of benzene rings is 1. The van der Waals surface area contributed by atoms with E-state index in [2.05, 4.69) is 20.6 Å². The molecule has 2 N–H and O–H groups in total. The van der Waals surface area contributed by atoms with Gasteiger partial charge in [0.05, 0.1) is 30.7 Å². The number of hydrogen-bond acceptors (Lipinski definition) is 7. The molecule has 5 rings (SSSR count). The minimum atomic E-state index is -0.252. The number of pyridine rings is 2. The van der Waals surface area contributed by atoms with Gasteiger partial charge >= 0.3 is 0 Å². The number of rotatable bonds is 7. The van der Waals surface area contributed by atoms with E-state index in [1.54, 1.807) is 13.3 Å². The summed E-state index contributed by atoms with van der Waals surface area (Å²) in [6, 6.07) is 8.29. The standard InChI is InChI=1S/C25H29FN4O3/c1-31-19-5-7-23-21(11-19)20(22(26)14-30-23)6-4-16-2-3-17(12-27-16)28-13-18-10-24-25(15-29-18)33-9-8-32-24/h5,7,10-11,14-17,27-28H,2-4,6,8-9,12-13H2,1H3. The molecular formula is C25H29FN4O3. The number of aromatic nitrogens is 2. The van der Waals surface area contributed by atoms with Crippen molar-refractivity contribution in [2.24, 2.45) is 0 Å². The number of piperidine rings is 1. The summed E-state index contributed by atoms with van der Waals surface area (Å²) in [5.74, 6) is 1.94. The van der Waals surface area contributed by atoms with Crippen molar-refractivity contribution in [3.63, 3.8) is 0 Å². The fraction of sp³-hybridized carbons (Fsp3) is 0.440. The average Bonchev–Trinajstić information content (AvgIpc) is 2.87. The summed E-state index contributed by atoms with van der Waals surface area (Å²) in [7, 11) is 1.62. The Morgan fingerprint density at radius 1 is 1.12 bits per heavy atom. The molecule has 2 atom stereocenters. The Balaban J connectivity index is 1.13. The quantitative estimate of drug-likeness (QED) is 0.569. The molecule has 0 aliphatic carbocycles. The van der Waals surface area contributed by atoms with Gasteiger partial charge < -0.3 is 24.8 Å². The van der Waals surface area contributed by atoms with Gasteiger partial charge in [0.1, 0.15) is 24.8 Å². The lowest BCUT2D eigenvalue weighted by Crippen LogP contribution is -2.47. The molecule has 4 heterocycles. The van der Waals surface area contributed by atoms with Gasteiger partial charge in [-0.3, -0.25) is 9.97 Å². The van der Waals surface area contributed by atoms with E-state index in [9.17, 15) is 4.39 Å². The highest BCUT2D eigenvalue weighted by molar-refractivity contribution is 5.83. The maximum absolute atomic E-state index is 14.6. The third kappa shape index (κ3) is 5.02. The third-order valence-corrected chi connectivity index (χ3v) is 6.45. The second-order valence-corrected chi connectivity index (χ2v) is 8.59. The van der Waals surface area contributed by atoms with E-state index in [0.29, 0.717) is 55.3 Å². The number of hydrogen-bond donors (Lipinski definition) is 2. The Labute approximate surface area is 192 Å². The summed E-state index contributed by atoms with van der Waals surface area (Å²) >= 11 is 0. The predicted octanol–water partition coefficient (Wildman–Crippen LogP) is 3.39. The largest absolute Gasteiger partial charge is 0.497 e. The number of methoxy groups -OCH3 is 1. The molecule has 2 aliphatic heterocycles. The lowest BCUT2D eigenvalue weighted by atomic mass is 9.94. The maximum Gasteiger partial charge on any atom is 0.179 e. The molecule has 174 valence electrons. The van der Waals surface area contributed by atoms with Crippen LogP contribution in [0.3, 0.4) is 0 Å². The van der Waals surface area contributed by atoms with E-state index < -0.39 is 0 Å². The van der Waals surface area contributed by atoms with Crippen LogP contribution in [0.15, 0.2) is 36.7 Å². The number of nitrogens with zero attached hydrogens (tertiary/aromatic N) is 2. The molecule has 1 saturated heterocycles. The van der Waals surface area contributed by atoms with Crippen molar-refractivity contribution in [2.75, 3.05) is 26.9 Å². The van der Waals surface area contributed by atoms with E-state index in [1.165, 1.54) is 6.20 Å². The molecule has 2 aromatic heterocycles. The zero-order valence-corrected chi connectivity index (χ0v) is 18.8. The Kier molecular flexibility index (Phi) is 6.55. The number of nitrogens with one attached hydrogen (secondary N) is 2. The van der Waals surface area contributed by atoms with Crippen LogP contribution in [-0.2, 0) is 13.0 Å².